The molecule has 3 aliphatic rings. The number of hydrogen-bond donors (Lipinski definition) is 1. The highest BCUT2D eigenvalue weighted by Gasteiger charge is 2.83. The molecule has 3 saturated carbocycles. The Kier molecular flexibility index (Phi) is 1.15. The molecule has 0 aromatic heterocycles. The lowest BCUT2D eigenvalue weighted by molar-refractivity contribution is 0.0546. The lowest BCUT2D eigenvalue weighted by Crippen LogP contribution is -2.44. The lowest BCUT2D eigenvalue weighted by Gasteiger charge is -2.46. The average molecular weight is 202 g/mol. The first-order valence-electron chi connectivity index (χ1n) is 4.84. The summed E-state index contributed by atoms with van der Waals surface area (Å²) in [7, 11) is -3.77. The van der Waals surface area contributed by atoms with Crippen molar-refractivity contribution in [3.63, 3.8) is 0 Å². The summed E-state index contributed by atoms with van der Waals surface area (Å²) in [6, 6.07) is 0. The molecule has 0 amide bonds. The molecule has 3 rings (SSSR count). The van der Waals surface area contributed by atoms with E-state index in [4.69, 9.17) is 4.55 Å². The second-order valence-electron chi connectivity index (χ2n) is 5.25. The van der Waals surface area contributed by atoms with Gasteiger partial charge in [0.05, 0.1) is 5.75 Å². The second kappa shape index (κ2) is 1.82. The predicted octanol–water partition coefficient (Wildman–Crippen LogP) is 1.31. The summed E-state index contributed by atoms with van der Waals surface area (Å²) in [6.07, 6.45) is 3.22. The van der Waals surface area contributed by atoms with Crippen LogP contribution >= 0.6 is 0 Å². The minimum Gasteiger partial charge on any atom is -0.286 e. The van der Waals surface area contributed by atoms with Gasteiger partial charge in [-0.25, -0.2) is 0 Å². The van der Waals surface area contributed by atoms with Gasteiger partial charge in [-0.1, -0.05) is 6.92 Å². The largest absolute Gasteiger partial charge is 0.286 e. The Labute approximate surface area is 78.3 Å². The minimum atomic E-state index is -3.77. The SMILES string of the molecule is CC12C3CCC1(CS(=O)(=O)O)CC32. The van der Waals surface area contributed by atoms with Gasteiger partial charge in [0.25, 0.3) is 10.1 Å². The van der Waals surface area contributed by atoms with E-state index in [0.29, 0.717) is 0 Å². The van der Waals surface area contributed by atoms with Crippen molar-refractivity contribution in [3.8, 4) is 0 Å². The normalized spacial score (nSPS) is 57.1. The third-order valence-corrected chi connectivity index (χ3v) is 5.98. The van der Waals surface area contributed by atoms with E-state index < -0.39 is 10.1 Å². The van der Waals surface area contributed by atoms with E-state index in [1.54, 1.807) is 0 Å². The lowest BCUT2D eigenvalue weighted by atomic mass is 9.60. The molecule has 4 atom stereocenters. The molecule has 0 aromatic carbocycles. The van der Waals surface area contributed by atoms with Crippen molar-refractivity contribution < 1.29 is 13.0 Å². The first kappa shape index (κ1) is 8.24. The van der Waals surface area contributed by atoms with Gasteiger partial charge in [-0.05, 0) is 41.9 Å². The topological polar surface area (TPSA) is 54.4 Å². The van der Waals surface area contributed by atoms with Crippen molar-refractivity contribution in [2.45, 2.75) is 26.2 Å². The molecule has 1 N–H and O–H groups in total. The standard InChI is InChI=1S/C9H14O3S/c1-8-6-2-3-9(8,4-7(6)8)5-13(10,11)12/h6-7H,2-5H2,1H3,(H,10,11,12). The van der Waals surface area contributed by atoms with Crippen LogP contribution in [-0.4, -0.2) is 18.7 Å². The first-order valence-corrected chi connectivity index (χ1v) is 6.45. The molecule has 3 nitrogen and oxygen atoms in total. The summed E-state index contributed by atoms with van der Waals surface area (Å²) in [5.74, 6) is 1.56. The highest BCUT2D eigenvalue weighted by atomic mass is 32.2. The highest BCUT2D eigenvalue weighted by Crippen LogP contribution is 2.87. The van der Waals surface area contributed by atoms with E-state index in [-0.39, 0.29) is 16.6 Å². The quantitative estimate of drug-likeness (QED) is 0.687. The fourth-order valence-electron chi connectivity index (χ4n) is 4.29. The molecular weight excluding hydrogens is 188 g/mol. The zero-order chi connectivity index (χ0) is 9.48. The van der Waals surface area contributed by atoms with E-state index in [0.717, 1.165) is 24.7 Å². The van der Waals surface area contributed by atoms with Gasteiger partial charge in [-0.3, -0.25) is 4.55 Å². The Morgan fingerprint density at radius 3 is 2.46 bits per heavy atom. The Hall–Kier alpha value is -0.0900. The first-order chi connectivity index (χ1) is 5.89. The summed E-state index contributed by atoms with van der Waals surface area (Å²) in [5, 5.41) is 0. The van der Waals surface area contributed by atoms with Crippen molar-refractivity contribution in [1.29, 1.82) is 0 Å². The Bertz CT molecular complexity index is 370. The van der Waals surface area contributed by atoms with Crippen molar-refractivity contribution in [2.75, 3.05) is 5.75 Å². The highest BCUT2D eigenvalue weighted by molar-refractivity contribution is 7.85. The number of fused-ring (bicyclic) bond motifs is 1. The Morgan fingerprint density at radius 1 is 1.46 bits per heavy atom. The van der Waals surface area contributed by atoms with Crippen LogP contribution < -0.4 is 0 Å². The van der Waals surface area contributed by atoms with Crippen LogP contribution in [0, 0.1) is 22.7 Å². The molecule has 0 aliphatic heterocycles. The van der Waals surface area contributed by atoms with Gasteiger partial charge < -0.3 is 0 Å². The van der Waals surface area contributed by atoms with Gasteiger partial charge in [-0.15, -0.1) is 0 Å². The zero-order valence-electron chi connectivity index (χ0n) is 7.66. The fourth-order valence-corrected chi connectivity index (χ4v) is 5.56. The Balaban J connectivity index is 1.92. The molecule has 0 spiro atoms. The second-order valence-corrected chi connectivity index (χ2v) is 6.70. The Morgan fingerprint density at radius 2 is 2.15 bits per heavy atom. The smallest absolute Gasteiger partial charge is 0.265 e. The van der Waals surface area contributed by atoms with E-state index in [1.165, 1.54) is 6.42 Å². The summed E-state index contributed by atoms with van der Waals surface area (Å²) >= 11 is 0. The van der Waals surface area contributed by atoms with Gasteiger partial charge >= 0.3 is 0 Å². The van der Waals surface area contributed by atoms with Crippen molar-refractivity contribution in [1.82, 2.24) is 0 Å². The van der Waals surface area contributed by atoms with Crippen LogP contribution in [0.5, 0.6) is 0 Å². The van der Waals surface area contributed by atoms with Gasteiger partial charge in [0.1, 0.15) is 0 Å². The van der Waals surface area contributed by atoms with Crippen LogP contribution in [0.1, 0.15) is 26.2 Å². The van der Waals surface area contributed by atoms with Crippen LogP contribution in [0.2, 0.25) is 0 Å². The van der Waals surface area contributed by atoms with Crippen LogP contribution in [0.4, 0.5) is 0 Å². The van der Waals surface area contributed by atoms with Crippen molar-refractivity contribution in [3.05, 3.63) is 0 Å². The molecule has 4 unspecified atom stereocenters. The monoisotopic (exact) mass is 202 g/mol. The van der Waals surface area contributed by atoms with Gasteiger partial charge in [0, 0.05) is 0 Å². The summed E-state index contributed by atoms with van der Waals surface area (Å²) < 4.78 is 30.6. The predicted molar refractivity (Wildman–Crippen MR) is 47.8 cm³/mol. The summed E-state index contributed by atoms with van der Waals surface area (Å²) in [5.41, 5.74) is 0.235. The molecule has 4 heteroatoms. The molecule has 0 radical (unpaired) electrons. The van der Waals surface area contributed by atoms with Crippen molar-refractivity contribution >= 4 is 10.1 Å². The summed E-state index contributed by atoms with van der Waals surface area (Å²) in [6.45, 7) is 2.20. The van der Waals surface area contributed by atoms with Crippen LogP contribution in [0.3, 0.4) is 0 Å². The fraction of sp³-hybridized carbons (Fsp3) is 1.00. The number of rotatable bonds is 2. The summed E-state index contributed by atoms with van der Waals surface area (Å²) in [4.78, 5) is 0. The van der Waals surface area contributed by atoms with Gasteiger partial charge in [0.15, 0.2) is 0 Å². The third kappa shape index (κ3) is 0.734. The van der Waals surface area contributed by atoms with E-state index in [1.807, 2.05) is 0 Å². The van der Waals surface area contributed by atoms with Crippen LogP contribution in [0.25, 0.3) is 0 Å². The molecule has 13 heavy (non-hydrogen) atoms. The third-order valence-electron chi connectivity index (χ3n) is 5.06. The van der Waals surface area contributed by atoms with Crippen LogP contribution in [-0.2, 0) is 10.1 Å². The maximum absolute atomic E-state index is 10.9. The molecule has 0 aromatic rings. The molecule has 3 aliphatic carbocycles. The molecule has 0 bridgehead atoms. The molecule has 0 saturated heterocycles. The van der Waals surface area contributed by atoms with Gasteiger partial charge in [0.2, 0.25) is 0 Å². The van der Waals surface area contributed by atoms with E-state index >= 15 is 0 Å². The molecule has 0 heterocycles. The molecule has 3 fully saturated rings. The van der Waals surface area contributed by atoms with Crippen LogP contribution in [0.15, 0.2) is 0 Å². The van der Waals surface area contributed by atoms with Gasteiger partial charge in [-0.2, -0.15) is 8.42 Å². The average Bonchev–Trinajstić information content (AvgIpc) is 2.38. The maximum atomic E-state index is 10.9. The minimum absolute atomic E-state index is 0.00347. The van der Waals surface area contributed by atoms with Crippen molar-refractivity contribution in [2.24, 2.45) is 22.7 Å². The molecule has 74 valence electrons. The zero-order valence-corrected chi connectivity index (χ0v) is 8.47. The molecular formula is C9H14O3S. The number of hydrogen-bond acceptors (Lipinski definition) is 2. The maximum Gasteiger partial charge on any atom is 0.265 e. The van der Waals surface area contributed by atoms with E-state index in [2.05, 4.69) is 6.92 Å². The van der Waals surface area contributed by atoms with E-state index in [9.17, 15) is 8.42 Å².